The fourth-order valence-corrected chi connectivity index (χ4v) is 3.62. The summed E-state index contributed by atoms with van der Waals surface area (Å²) in [5, 5.41) is 20.2. The molecule has 3 rings (SSSR count). The first-order valence-electron chi connectivity index (χ1n) is 9.09. The average Bonchev–Trinajstić information content (AvgIpc) is 2.76. The summed E-state index contributed by atoms with van der Waals surface area (Å²) in [6.07, 6.45) is 1.29. The van der Waals surface area contributed by atoms with E-state index in [1.54, 1.807) is 0 Å². The number of ether oxygens (including phenoxy) is 2. The van der Waals surface area contributed by atoms with Crippen LogP contribution in [0, 0.1) is 0 Å². The van der Waals surface area contributed by atoms with E-state index in [-0.39, 0.29) is 33.4 Å². The molecule has 10 nitrogen and oxygen atoms in total. The monoisotopic (exact) mass is 534 g/mol. The lowest BCUT2D eigenvalue weighted by atomic mass is 10.1. The summed E-state index contributed by atoms with van der Waals surface area (Å²) in [5.41, 5.74) is 0.200. The summed E-state index contributed by atoms with van der Waals surface area (Å²) in [6, 6.07) is 8.45. The molecule has 0 bridgehead atoms. The molecule has 1 fully saturated rings. The number of rotatable bonds is 7. The summed E-state index contributed by atoms with van der Waals surface area (Å²) < 4.78 is 10.8. The van der Waals surface area contributed by atoms with Crippen LogP contribution >= 0.6 is 28.1 Å². The van der Waals surface area contributed by atoms with Crippen LogP contribution in [0.1, 0.15) is 15.9 Å². The maximum absolute atomic E-state index is 13.2. The van der Waals surface area contributed by atoms with Crippen LogP contribution in [-0.2, 0) is 14.4 Å². The molecule has 1 saturated heterocycles. The van der Waals surface area contributed by atoms with Gasteiger partial charge in [0.1, 0.15) is 5.57 Å². The van der Waals surface area contributed by atoms with Crippen LogP contribution in [0.3, 0.4) is 0 Å². The van der Waals surface area contributed by atoms with Gasteiger partial charge in [-0.05, 0) is 54.2 Å². The summed E-state index contributed by atoms with van der Waals surface area (Å²) in [6.45, 7) is -0.591. The molecule has 3 N–H and O–H groups in total. The van der Waals surface area contributed by atoms with Gasteiger partial charge < -0.3 is 19.7 Å². The molecule has 1 aliphatic rings. The van der Waals surface area contributed by atoms with Gasteiger partial charge >= 0.3 is 11.9 Å². The van der Waals surface area contributed by atoms with Crippen molar-refractivity contribution in [2.75, 3.05) is 18.6 Å². The Morgan fingerprint density at radius 1 is 1.18 bits per heavy atom. The molecular formula is C21H15BrN2O8S. The van der Waals surface area contributed by atoms with Gasteiger partial charge in [-0.1, -0.05) is 22.0 Å². The zero-order chi connectivity index (χ0) is 24.3. The third-order valence-electron chi connectivity index (χ3n) is 4.39. The summed E-state index contributed by atoms with van der Waals surface area (Å²) >= 11 is 8.43. The maximum atomic E-state index is 13.2. The Balaban J connectivity index is 2.02. The highest BCUT2D eigenvalue weighted by Crippen LogP contribution is 2.35. The zero-order valence-electron chi connectivity index (χ0n) is 16.8. The second kappa shape index (κ2) is 9.79. The number of thiocarbonyl (C=S) groups is 1. The fraction of sp³-hybridized carbons (Fsp3) is 0.0952. The number of benzene rings is 2. The first kappa shape index (κ1) is 23.9. The molecule has 12 heteroatoms. The summed E-state index contributed by atoms with van der Waals surface area (Å²) in [5.74, 6) is -3.55. The molecular weight excluding hydrogens is 520 g/mol. The number of carboxylic acids is 2. The lowest BCUT2D eigenvalue weighted by Crippen LogP contribution is -2.54. The number of carbonyl (C=O) groups excluding carboxylic acids is 2. The van der Waals surface area contributed by atoms with Crippen LogP contribution in [0.25, 0.3) is 6.08 Å². The molecule has 0 saturated carbocycles. The van der Waals surface area contributed by atoms with Crippen LogP contribution in [0.5, 0.6) is 11.5 Å². The van der Waals surface area contributed by atoms with E-state index in [2.05, 4.69) is 21.2 Å². The van der Waals surface area contributed by atoms with Crippen molar-refractivity contribution in [3.05, 3.63) is 57.6 Å². The Bertz CT molecular complexity index is 1230. The Labute approximate surface area is 200 Å². The average molecular weight is 535 g/mol. The van der Waals surface area contributed by atoms with E-state index in [1.807, 2.05) is 0 Å². The van der Waals surface area contributed by atoms with Gasteiger partial charge in [0, 0.05) is 4.47 Å². The lowest BCUT2D eigenvalue weighted by Gasteiger charge is -2.29. The number of carbonyl (C=O) groups is 4. The quantitative estimate of drug-likeness (QED) is 0.277. The normalized spacial score (nSPS) is 14.8. The number of nitrogens with one attached hydrogen (secondary N) is 1. The predicted octanol–water partition coefficient (Wildman–Crippen LogP) is 2.45. The number of aromatic carboxylic acids is 1. The Morgan fingerprint density at radius 2 is 1.91 bits per heavy atom. The Hall–Kier alpha value is -3.77. The van der Waals surface area contributed by atoms with Crippen molar-refractivity contribution >= 4 is 68.8 Å². The lowest BCUT2D eigenvalue weighted by molar-refractivity contribution is -0.139. The van der Waals surface area contributed by atoms with Crippen LogP contribution < -0.4 is 19.7 Å². The van der Waals surface area contributed by atoms with Gasteiger partial charge in [-0.15, -0.1) is 0 Å². The van der Waals surface area contributed by atoms with E-state index in [0.29, 0.717) is 10.0 Å². The fourth-order valence-electron chi connectivity index (χ4n) is 2.90. The van der Waals surface area contributed by atoms with Crippen molar-refractivity contribution in [1.82, 2.24) is 5.32 Å². The highest BCUT2D eigenvalue weighted by molar-refractivity contribution is 9.10. The van der Waals surface area contributed by atoms with Crippen LogP contribution in [-0.4, -0.2) is 52.8 Å². The molecule has 0 aromatic heterocycles. The first-order valence-corrected chi connectivity index (χ1v) is 10.3. The van der Waals surface area contributed by atoms with Crippen LogP contribution in [0.4, 0.5) is 5.69 Å². The van der Waals surface area contributed by atoms with Crippen molar-refractivity contribution in [2.45, 2.75) is 0 Å². The van der Waals surface area contributed by atoms with Gasteiger partial charge in [0.2, 0.25) is 0 Å². The molecule has 0 atom stereocenters. The number of hydrogen-bond donors (Lipinski definition) is 3. The molecule has 0 unspecified atom stereocenters. The smallest absolute Gasteiger partial charge is 0.341 e. The minimum Gasteiger partial charge on any atom is -0.493 e. The molecule has 1 heterocycles. The number of aliphatic carboxylic acids is 1. The third kappa shape index (κ3) is 5.18. The standard InChI is InChI=1S/C21H15BrN2O8S/c1-31-15-7-11(14(22)8-16(15)32-9-17(25)26)6-13-18(27)23-21(33)24(19(13)28)12-4-2-3-10(5-12)20(29)30/h2-8H,9H2,1H3,(H,25,26)(H,29,30)(H,23,27,33). The van der Waals surface area contributed by atoms with Crippen molar-refractivity contribution in [3.8, 4) is 11.5 Å². The minimum atomic E-state index is -1.19. The number of hydrogen-bond acceptors (Lipinski definition) is 7. The Kier molecular flexibility index (Phi) is 7.09. The second-order valence-electron chi connectivity index (χ2n) is 6.52. The van der Waals surface area contributed by atoms with E-state index < -0.39 is 30.4 Å². The van der Waals surface area contributed by atoms with Gasteiger partial charge in [-0.3, -0.25) is 19.8 Å². The number of amides is 2. The highest BCUT2D eigenvalue weighted by Gasteiger charge is 2.35. The summed E-state index contributed by atoms with van der Waals surface area (Å²) in [4.78, 5) is 48.8. The number of nitrogens with zero attached hydrogens (tertiary/aromatic N) is 1. The molecule has 1 aliphatic heterocycles. The van der Waals surface area contributed by atoms with Gasteiger partial charge in [0.25, 0.3) is 11.8 Å². The van der Waals surface area contributed by atoms with Gasteiger partial charge in [-0.25, -0.2) is 9.59 Å². The highest BCUT2D eigenvalue weighted by atomic mass is 79.9. The second-order valence-corrected chi connectivity index (χ2v) is 7.76. The molecule has 2 amide bonds. The largest absolute Gasteiger partial charge is 0.493 e. The van der Waals surface area contributed by atoms with Crippen molar-refractivity contribution in [1.29, 1.82) is 0 Å². The molecule has 170 valence electrons. The third-order valence-corrected chi connectivity index (χ3v) is 5.36. The van der Waals surface area contributed by atoms with Gasteiger partial charge in [0.15, 0.2) is 23.2 Å². The van der Waals surface area contributed by atoms with Gasteiger partial charge in [0.05, 0.1) is 18.4 Å². The topological polar surface area (TPSA) is 142 Å². The van der Waals surface area contributed by atoms with E-state index in [1.165, 1.54) is 49.6 Å². The number of methoxy groups -OCH3 is 1. The van der Waals surface area contributed by atoms with E-state index in [9.17, 15) is 24.3 Å². The van der Waals surface area contributed by atoms with E-state index in [0.717, 1.165) is 4.90 Å². The summed E-state index contributed by atoms with van der Waals surface area (Å²) in [7, 11) is 1.35. The van der Waals surface area contributed by atoms with Crippen molar-refractivity contribution in [2.24, 2.45) is 0 Å². The van der Waals surface area contributed by atoms with E-state index >= 15 is 0 Å². The molecule has 33 heavy (non-hydrogen) atoms. The zero-order valence-corrected chi connectivity index (χ0v) is 19.2. The molecule has 2 aromatic rings. The number of anilines is 1. The molecule has 0 spiro atoms. The Morgan fingerprint density at radius 3 is 2.55 bits per heavy atom. The van der Waals surface area contributed by atoms with Gasteiger partial charge in [-0.2, -0.15) is 0 Å². The predicted molar refractivity (Wildman–Crippen MR) is 123 cm³/mol. The molecule has 0 radical (unpaired) electrons. The molecule has 0 aliphatic carbocycles. The number of carboxylic acid groups (broad SMARTS) is 2. The van der Waals surface area contributed by atoms with Crippen molar-refractivity contribution < 1.29 is 38.9 Å². The van der Waals surface area contributed by atoms with Crippen LogP contribution in [0.15, 0.2) is 46.4 Å². The van der Waals surface area contributed by atoms with Crippen molar-refractivity contribution in [3.63, 3.8) is 0 Å². The first-order chi connectivity index (χ1) is 15.6. The molecule has 2 aromatic carbocycles. The van der Waals surface area contributed by atoms with Crippen LogP contribution in [0.2, 0.25) is 0 Å². The number of halogens is 1. The SMILES string of the molecule is COc1cc(C=C2C(=O)NC(=S)N(c3cccc(C(=O)O)c3)C2=O)c(Br)cc1OCC(=O)O. The minimum absolute atomic E-state index is 0.0602. The maximum Gasteiger partial charge on any atom is 0.341 e. The van der Waals surface area contributed by atoms with E-state index in [4.69, 9.17) is 26.8 Å².